The van der Waals surface area contributed by atoms with Gasteiger partial charge in [0.25, 0.3) is 0 Å². The van der Waals surface area contributed by atoms with Crippen LogP contribution in [0.4, 0.5) is 4.79 Å². The van der Waals surface area contributed by atoms with Crippen molar-refractivity contribution >= 4 is 21.9 Å². The van der Waals surface area contributed by atoms with E-state index in [9.17, 15) is 18.0 Å². The van der Waals surface area contributed by atoms with Crippen LogP contribution in [0.5, 0.6) is 0 Å². The predicted octanol–water partition coefficient (Wildman–Crippen LogP) is 0.195. The number of ether oxygens (including phenoxy) is 2. The summed E-state index contributed by atoms with van der Waals surface area (Å²) in [6.45, 7) is 3.39. The summed E-state index contributed by atoms with van der Waals surface area (Å²) in [5, 5.41) is 0. The van der Waals surface area contributed by atoms with E-state index in [0.717, 1.165) is 4.90 Å². The fourth-order valence-electron chi connectivity index (χ4n) is 1.92. The van der Waals surface area contributed by atoms with Crippen LogP contribution in [0.15, 0.2) is 0 Å². The van der Waals surface area contributed by atoms with Gasteiger partial charge < -0.3 is 9.47 Å². The fraction of sp³-hybridized carbons (Fsp3) is 0.818. The molecule has 1 rings (SSSR count). The molecule has 1 atom stereocenters. The number of amides is 1. The van der Waals surface area contributed by atoms with E-state index in [1.807, 2.05) is 0 Å². The molecule has 0 saturated carbocycles. The third-order valence-corrected chi connectivity index (χ3v) is 4.51. The highest BCUT2D eigenvalue weighted by atomic mass is 32.2. The Bertz CT molecular complexity index is 432. The van der Waals surface area contributed by atoms with Crippen molar-refractivity contribution in [3.63, 3.8) is 0 Å². The minimum absolute atomic E-state index is 0.0242. The maximum Gasteiger partial charge on any atom is 0.410 e. The molecule has 1 amide bonds. The van der Waals surface area contributed by atoms with E-state index in [1.54, 1.807) is 13.8 Å². The first-order valence-electron chi connectivity index (χ1n) is 6.19. The molecule has 1 aliphatic rings. The molecule has 1 aliphatic heterocycles. The van der Waals surface area contributed by atoms with Crippen molar-refractivity contribution in [2.24, 2.45) is 0 Å². The number of carbonyl (C=O) groups excluding carboxylic acids is 2. The quantitative estimate of drug-likeness (QED) is 0.672. The third-order valence-electron chi connectivity index (χ3n) is 2.76. The van der Waals surface area contributed by atoms with E-state index < -0.39 is 27.9 Å². The number of sulfone groups is 1. The smallest absolute Gasteiger partial charge is 0.410 e. The first kappa shape index (κ1) is 15.7. The molecule has 1 fully saturated rings. The van der Waals surface area contributed by atoms with Crippen LogP contribution in [0.1, 0.15) is 20.3 Å². The van der Waals surface area contributed by atoms with Crippen molar-refractivity contribution in [3.8, 4) is 0 Å². The zero-order chi connectivity index (χ0) is 14.5. The summed E-state index contributed by atoms with van der Waals surface area (Å²) in [7, 11) is -3.14. The number of carbonyl (C=O) groups is 2. The van der Waals surface area contributed by atoms with E-state index in [2.05, 4.69) is 0 Å². The molecule has 0 spiro atoms. The summed E-state index contributed by atoms with van der Waals surface area (Å²) in [5.74, 6) is -0.679. The molecule has 0 aromatic carbocycles. The summed E-state index contributed by atoms with van der Waals surface area (Å²) in [6, 6.07) is -0.520. The molecule has 7 nitrogen and oxygen atoms in total. The standard InChI is InChI=1S/C11H19NO6S/c1-3-17-10(13)7-12(11(14)18-4-2)9-5-6-19(15,16)8-9/h9H,3-8H2,1-2H3. The summed E-state index contributed by atoms with van der Waals surface area (Å²) in [5.41, 5.74) is 0. The van der Waals surface area contributed by atoms with Crippen LogP contribution < -0.4 is 0 Å². The summed E-state index contributed by atoms with van der Waals surface area (Å²) in [4.78, 5) is 24.4. The zero-order valence-electron chi connectivity index (χ0n) is 11.1. The normalized spacial score (nSPS) is 20.8. The van der Waals surface area contributed by atoms with Gasteiger partial charge in [0.15, 0.2) is 9.84 Å². The average Bonchev–Trinajstić information content (AvgIpc) is 2.67. The van der Waals surface area contributed by atoms with Crippen LogP contribution in [-0.4, -0.2) is 62.7 Å². The summed E-state index contributed by atoms with van der Waals surface area (Å²) >= 11 is 0. The maximum absolute atomic E-state index is 11.8. The molecule has 8 heteroatoms. The Labute approximate surface area is 112 Å². The zero-order valence-corrected chi connectivity index (χ0v) is 11.9. The van der Waals surface area contributed by atoms with Crippen molar-refractivity contribution in [1.29, 1.82) is 0 Å². The molecule has 0 N–H and O–H groups in total. The third kappa shape index (κ3) is 4.70. The van der Waals surface area contributed by atoms with Gasteiger partial charge in [-0.15, -0.1) is 0 Å². The lowest BCUT2D eigenvalue weighted by Gasteiger charge is -2.26. The number of nitrogens with zero attached hydrogens (tertiary/aromatic N) is 1. The van der Waals surface area contributed by atoms with Crippen molar-refractivity contribution in [3.05, 3.63) is 0 Å². The van der Waals surface area contributed by atoms with Gasteiger partial charge in [0, 0.05) is 0 Å². The Morgan fingerprint density at radius 3 is 2.32 bits per heavy atom. The molecule has 110 valence electrons. The van der Waals surface area contributed by atoms with Crippen LogP contribution in [0, 0.1) is 0 Å². The fourth-order valence-corrected chi connectivity index (χ4v) is 3.65. The van der Waals surface area contributed by atoms with E-state index in [0.29, 0.717) is 6.42 Å². The molecule has 1 unspecified atom stereocenters. The van der Waals surface area contributed by atoms with Crippen LogP contribution >= 0.6 is 0 Å². The molecule has 0 aromatic rings. The Morgan fingerprint density at radius 2 is 1.84 bits per heavy atom. The first-order chi connectivity index (χ1) is 8.89. The van der Waals surface area contributed by atoms with Crippen LogP contribution in [0.2, 0.25) is 0 Å². The predicted molar refractivity (Wildman–Crippen MR) is 67.4 cm³/mol. The number of rotatable bonds is 5. The highest BCUT2D eigenvalue weighted by Crippen LogP contribution is 2.18. The average molecular weight is 293 g/mol. The Balaban J connectivity index is 2.75. The molecular weight excluding hydrogens is 274 g/mol. The van der Waals surface area contributed by atoms with Gasteiger partial charge in [-0.3, -0.25) is 9.69 Å². The second-order valence-corrected chi connectivity index (χ2v) is 6.42. The van der Waals surface area contributed by atoms with Gasteiger partial charge in [-0.1, -0.05) is 0 Å². The van der Waals surface area contributed by atoms with Crippen LogP contribution in [0.3, 0.4) is 0 Å². The SMILES string of the molecule is CCOC(=O)CN(C(=O)OCC)C1CCS(=O)(=O)C1. The Hall–Kier alpha value is -1.31. The highest BCUT2D eigenvalue weighted by molar-refractivity contribution is 7.91. The molecule has 0 bridgehead atoms. The molecule has 0 radical (unpaired) electrons. The second kappa shape index (κ2) is 6.74. The lowest BCUT2D eigenvalue weighted by atomic mass is 10.2. The minimum atomic E-state index is -3.14. The summed E-state index contributed by atoms with van der Waals surface area (Å²) in [6.07, 6.45) is -0.363. The van der Waals surface area contributed by atoms with Crippen LogP contribution in [-0.2, 0) is 24.1 Å². The number of esters is 1. The van der Waals surface area contributed by atoms with Gasteiger partial charge in [0.2, 0.25) is 0 Å². The van der Waals surface area contributed by atoms with Crippen LogP contribution in [0.25, 0.3) is 0 Å². The largest absolute Gasteiger partial charge is 0.465 e. The van der Waals surface area contributed by atoms with E-state index >= 15 is 0 Å². The molecular formula is C11H19NO6S. The minimum Gasteiger partial charge on any atom is -0.465 e. The van der Waals surface area contributed by atoms with Crippen molar-refractivity contribution in [2.75, 3.05) is 31.3 Å². The van der Waals surface area contributed by atoms with Crippen molar-refractivity contribution < 1.29 is 27.5 Å². The van der Waals surface area contributed by atoms with Crippen molar-refractivity contribution in [1.82, 2.24) is 4.90 Å². The molecule has 19 heavy (non-hydrogen) atoms. The van der Waals surface area contributed by atoms with Gasteiger partial charge >= 0.3 is 12.1 Å². The topological polar surface area (TPSA) is 90.0 Å². The number of hydrogen-bond acceptors (Lipinski definition) is 6. The lowest BCUT2D eigenvalue weighted by Crippen LogP contribution is -2.44. The van der Waals surface area contributed by atoms with Gasteiger partial charge in [0.1, 0.15) is 6.54 Å². The monoisotopic (exact) mass is 293 g/mol. The summed E-state index contributed by atoms with van der Waals surface area (Å²) < 4.78 is 32.5. The molecule has 1 heterocycles. The van der Waals surface area contributed by atoms with E-state index in [4.69, 9.17) is 9.47 Å². The second-order valence-electron chi connectivity index (χ2n) is 4.19. The van der Waals surface area contributed by atoms with E-state index in [-0.39, 0.29) is 31.3 Å². The van der Waals surface area contributed by atoms with Gasteiger partial charge in [0.05, 0.1) is 30.8 Å². The lowest BCUT2D eigenvalue weighted by molar-refractivity contribution is -0.144. The molecule has 1 saturated heterocycles. The highest BCUT2D eigenvalue weighted by Gasteiger charge is 2.36. The molecule has 0 aromatic heterocycles. The van der Waals surface area contributed by atoms with Crippen molar-refractivity contribution in [2.45, 2.75) is 26.3 Å². The van der Waals surface area contributed by atoms with Gasteiger partial charge in [-0.05, 0) is 20.3 Å². The Morgan fingerprint density at radius 1 is 1.21 bits per heavy atom. The molecule has 0 aliphatic carbocycles. The van der Waals surface area contributed by atoms with E-state index in [1.165, 1.54) is 0 Å². The van der Waals surface area contributed by atoms with Gasteiger partial charge in [-0.2, -0.15) is 0 Å². The Kier molecular flexibility index (Phi) is 5.59. The van der Waals surface area contributed by atoms with Gasteiger partial charge in [-0.25, -0.2) is 13.2 Å². The number of hydrogen-bond donors (Lipinski definition) is 0. The maximum atomic E-state index is 11.8. The first-order valence-corrected chi connectivity index (χ1v) is 8.01.